The van der Waals surface area contributed by atoms with Crippen molar-refractivity contribution in [2.45, 2.75) is 32.3 Å². The first kappa shape index (κ1) is 12.0. The average Bonchev–Trinajstić information content (AvgIpc) is 2.25. The van der Waals surface area contributed by atoms with Crippen molar-refractivity contribution in [3.63, 3.8) is 0 Å². The molecule has 1 atom stereocenters. The lowest BCUT2D eigenvalue weighted by Gasteiger charge is -2.32. The smallest absolute Gasteiger partial charge is 0.303 e. The molecule has 0 aromatic carbocycles. The number of carboxylic acid groups (broad SMARTS) is 1. The second kappa shape index (κ2) is 5.70. The molecular weight excluding hydrogens is 198 g/mol. The highest BCUT2D eigenvalue weighted by atomic mass is 16.5. The van der Waals surface area contributed by atoms with E-state index in [1.165, 1.54) is 0 Å². The number of ether oxygens (including phenoxy) is 1. The quantitative estimate of drug-likeness (QED) is 0.741. The number of amides is 1. The van der Waals surface area contributed by atoms with Crippen molar-refractivity contribution in [2.75, 3.05) is 19.7 Å². The zero-order valence-corrected chi connectivity index (χ0v) is 8.94. The number of hydrogen-bond donors (Lipinski definition) is 1. The molecule has 1 aliphatic rings. The minimum absolute atomic E-state index is 0.0961. The Labute approximate surface area is 89.0 Å². The molecule has 15 heavy (non-hydrogen) atoms. The van der Waals surface area contributed by atoms with Crippen LogP contribution in [0.15, 0.2) is 0 Å². The summed E-state index contributed by atoms with van der Waals surface area (Å²) in [5.41, 5.74) is 0. The fourth-order valence-corrected chi connectivity index (χ4v) is 1.63. The average molecular weight is 215 g/mol. The lowest BCUT2D eigenvalue weighted by atomic mass is 10.1. The third-order valence-electron chi connectivity index (χ3n) is 2.47. The summed E-state index contributed by atoms with van der Waals surface area (Å²) in [7, 11) is 0. The molecule has 1 aliphatic heterocycles. The van der Waals surface area contributed by atoms with Crippen molar-refractivity contribution >= 4 is 11.9 Å². The molecule has 5 nitrogen and oxygen atoms in total. The van der Waals surface area contributed by atoms with Crippen LogP contribution in [0.3, 0.4) is 0 Å². The molecule has 1 rings (SSSR count). The number of nitrogens with zero attached hydrogens (tertiary/aromatic N) is 1. The predicted octanol–water partition coefficient (Wildman–Crippen LogP) is 0.489. The highest BCUT2D eigenvalue weighted by molar-refractivity contribution is 5.75. The van der Waals surface area contributed by atoms with Crippen molar-refractivity contribution in [3.8, 4) is 0 Å². The Bertz CT molecular complexity index is 242. The lowest BCUT2D eigenvalue weighted by molar-refractivity contribution is -0.141. The third-order valence-corrected chi connectivity index (χ3v) is 2.47. The summed E-state index contributed by atoms with van der Waals surface area (Å²) in [5.74, 6) is -0.712. The Kier molecular flexibility index (Phi) is 4.55. The van der Waals surface area contributed by atoms with Gasteiger partial charge in [-0.25, -0.2) is 0 Å². The van der Waals surface area contributed by atoms with Gasteiger partial charge in [0.25, 0.3) is 0 Å². The highest BCUT2D eigenvalue weighted by Gasteiger charge is 2.23. The van der Waals surface area contributed by atoms with Crippen LogP contribution >= 0.6 is 0 Å². The van der Waals surface area contributed by atoms with Crippen LogP contribution in [-0.2, 0) is 14.3 Å². The summed E-state index contributed by atoms with van der Waals surface area (Å²) in [6.07, 6.45) is 0.943. The number of morpholine rings is 1. The van der Waals surface area contributed by atoms with Crippen molar-refractivity contribution < 1.29 is 19.4 Å². The van der Waals surface area contributed by atoms with Crippen molar-refractivity contribution in [2.24, 2.45) is 0 Å². The normalized spacial score (nSPS) is 21.4. The molecule has 0 aromatic rings. The minimum atomic E-state index is -0.822. The van der Waals surface area contributed by atoms with Crippen LogP contribution in [0.2, 0.25) is 0 Å². The van der Waals surface area contributed by atoms with E-state index in [-0.39, 0.29) is 18.4 Å². The van der Waals surface area contributed by atoms with E-state index in [9.17, 15) is 9.59 Å². The molecule has 5 heteroatoms. The van der Waals surface area contributed by atoms with Gasteiger partial charge in [-0.15, -0.1) is 0 Å². The van der Waals surface area contributed by atoms with Crippen molar-refractivity contribution in [1.29, 1.82) is 0 Å². The number of carboxylic acids is 1. The summed E-state index contributed by atoms with van der Waals surface area (Å²) >= 11 is 0. The summed E-state index contributed by atoms with van der Waals surface area (Å²) in [5, 5.41) is 8.53. The molecule has 0 aliphatic carbocycles. The summed E-state index contributed by atoms with van der Waals surface area (Å²) in [4.78, 5) is 23.5. The standard InChI is InChI=1S/C10H17NO4/c1-2-9(12)11-5-6-15-8(7-11)3-4-10(13)14/h8H,2-7H2,1H3,(H,13,14). The molecule has 0 bridgehead atoms. The molecule has 0 spiro atoms. The maximum absolute atomic E-state index is 11.4. The van der Waals surface area contributed by atoms with Gasteiger partial charge in [-0.05, 0) is 6.42 Å². The van der Waals surface area contributed by atoms with Gasteiger partial charge in [0.05, 0.1) is 12.7 Å². The van der Waals surface area contributed by atoms with Crippen LogP contribution in [-0.4, -0.2) is 47.7 Å². The zero-order chi connectivity index (χ0) is 11.3. The van der Waals surface area contributed by atoms with Gasteiger partial charge >= 0.3 is 5.97 Å². The first-order chi connectivity index (χ1) is 7.13. The van der Waals surface area contributed by atoms with Crippen LogP contribution < -0.4 is 0 Å². The molecule has 1 heterocycles. The van der Waals surface area contributed by atoms with E-state index < -0.39 is 5.97 Å². The van der Waals surface area contributed by atoms with Gasteiger partial charge in [-0.1, -0.05) is 6.92 Å². The van der Waals surface area contributed by atoms with E-state index in [2.05, 4.69) is 0 Å². The van der Waals surface area contributed by atoms with Crippen molar-refractivity contribution in [1.82, 2.24) is 4.90 Å². The lowest BCUT2D eigenvalue weighted by Crippen LogP contribution is -2.45. The van der Waals surface area contributed by atoms with Crippen LogP contribution in [0.5, 0.6) is 0 Å². The zero-order valence-electron chi connectivity index (χ0n) is 8.94. The number of hydrogen-bond acceptors (Lipinski definition) is 3. The van der Waals surface area contributed by atoms with Crippen LogP contribution in [0.4, 0.5) is 0 Å². The molecule has 0 radical (unpaired) electrons. The Morgan fingerprint density at radius 2 is 2.27 bits per heavy atom. The summed E-state index contributed by atoms with van der Waals surface area (Å²) < 4.78 is 5.40. The first-order valence-electron chi connectivity index (χ1n) is 5.24. The molecule has 86 valence electrons. The van der Waals surface area contributed by atoms with Gasteiger partial charge in [0.15, 0.2) is 0 Å². The number of carbonyl (C=O) groups is 2. The first-order valence-corrected chi connectivity index (χ1v) is 5.24. The molecule has 0 aromatic heterocycles. The number of rotatable bonds is 4. The summed E-state index contributed by atoms with van der Waals surface area (Å²) in [6, 6.07) is 0. The fourth-order valence-electron chi connectivity index (χ4n) is 1.63. The van der Waals surface area contributed by atoms with Gasteiger partial charge in [0.2, 0.25) is 5.91 Å². The number of aliphatic carboxylic acids is 1. The van der Waals surface area contributed by atoms with E-state index in [1.54, 1.807) is 4.90 Å². The van der Waals surface area contributed by atoms with E-state index >= 15 is 0 Å². The second-order valence-corrected chi connectivity index (χ2v) is 3.62. The Balaban J connectivity index is 2.35. The largest absolute Gasteiger partial charge is 0.481 e. The Morgan fingerprint density at radius 1 is 1.53 bits per heavy atom. The molecule has 0 saturated carbocycles. The van der Waals surface area contributed by atoms with Crippen LogP contribution in [0, 0.1) is 0 Å². The van der Waals surface area contributed by atoms with E-state index in [0.29, 0.717) is 32.5 Å². The summed E-state index contributed by atoms with van der Waals surface area (Å²) in [6.45, 7) is 3.48. The maximum Gasteiger partial charge on any atom is 0.303 e. The van der Waals surface area contributed by atoms with Crippen LogP contribution in [0.1, 0.15) is 26.2 Å². The molecule has 1 amide bonds. The van der Waals surface area contributed by atoms with E-state index in [0.717, 1.165) is 0 Å². The molecule has 1 unspecified atom stereocenters. The van der Waals surface area contributed by atoms with E-state index in [1.807, 2.05) is 6.92 Å². The fraction of sp³-hybridized carbons (Fsp3) is 0.800. The van der Waals surface area contributed by atoms with Gasteiger partial charge in [-0.2, -0.15) is 0 Å². The van der Waals surface area contributed by atoms with Gasteiger partial charge in [-0.3, -0.25) is 9.59 Å². The number of carbonyl (C=O) groups excluding carboxylic acids is 1. The maximum atomic E-state index is 11.4. The predicted molar refractivity (Wildman–Crippen MR) is 53.5 cm³/mol. The molecular formula is C10H17NO4. The van der Waals surface area contributed by atoms with Gasteiger partial charge in [0, 0.05) is 25.9 Å². The third kappa shape index (κ3) is 3.87. The SMILES string of the molecule is CCC(=O)N1CCOC(CCC(=O)O)C1. The van der Waals surface area contributed by atoms with E-state index in [4.69, 9.17) is 9.84 Å². The second-order valence-electron chi connectivity index (χ2n) is 3.62. The Hall–Kier alpha value is -1.10. The van der Waals surface area contributed by atoms with Crippen LogP contribution in [0.25, 0.3) is 0 Å². The highest BCUT2D eigenvalue weighted by Crippen LogP contribution is 2.11. The molecule has 1 fully saturated rings. The minimum Gasteiger partial charge on any atom is -0.481 e. The monoisotopic (exact) mass is 215 g/mol. The van der Waals surface area contributed by atoms with Crippen molar-refractivity contribution in [3.05, 3.63) is 0 Å². The molecule has 1 N–H and O–H groups in total. The van der Waals surface area contributed by atoms with Gasteiger partial charge in [0.1, 0.15) is 0 Å². The molecule has 1 saturated heterocycles. The topological polar surface area (TPSA) is 66.8 Å². The van der Waals surface area contributed by atoms with Gasteiger partial charge < -0.3 is 14.7 Å². The Morgan fingerprint density at radius 3 is 2.87 bits per heavy atom.